The monoisotopic (exact) mass is 384 g/mol. The van der Waals surface area contributed by atoms with Gasteiger partial charge in [0.1, 0.15) is 18.3 Å². The summed E-state index contributed by atoms with van der Waals surface area (Å²) in [6.45, 7) is 0. The molecule has 1 aromatic rings. The highest BCUT2D eigenvalue weighted by atomic mass is 16.7. The van der Waals surface area contributed by atoms with Gasteiger partial charge in [0.2, 0.25) is 6.29 Å². The summed E-state index contributed by atoms with van der Waals surface area (Å²) in [6.07, 6.45) is -5.83. The Kier molecular flexibility index (Phi) is 6.75. The minimum atomic E-state index is -1.71. The molecular weight excluding hydrogens is 364 g/mol. The van der Waals surface area contributed by atoms with Crippen LogP contribution in [0, 0.1) is 0 Å². The van der Waals surface area contributed by atoms with Gasteiger partial charge in [-0.05, 0) is 23.8 Å². The Hall–Kier alpha value is -2.66. The summed E-state index contributed by atoms with van der Waals surface area (Å²) in [4.78, 5) is 22.3. The number of aliphatic carboxylic acids is 1. The van der Waals surface area contributed by atoms with Gasteiger partial charge < -0.3 is 39.4 Å². The minimum Gasteiger partial charge on any atom is -0.493 e. The highest BCUT2D eigenvalue weighted by Crippen LogP contribution is 2.32. The van der Waals surface area contributed by atoms with Crippen molar-refractivity contribution >= 4 is 18.0 Å². The van der Waals surface area contributed by atoms with Crippen LogP contribution in [0.15, 0.2) is 24.3 Å². The zero-order valence-electron chi connectivity index (χ0n) is 14.5. The number of hydrogen-bond donors (Lipinski definition) is 4. The molecule has 1 aliphatic heterocycles. The molecule has 2 rings (SSSR count). The number of methoxy groups -OCH3 is 2. The fraction of sp³-hybridized carbons (Fsp3) is 0.412. The second kappa shape index (κ2) is 8.82. The Morgan fingerprint density at radius 1 is 1.07 bits per heavy atom. The molecule has 0 amide bonds. The van der Waals surface area contributed by atoms with Crippen LogP contribution >= 0.6 is 0 Å². The molecule has 10 nitrogen and oxygen atoms in total. The number of ether oxygens (including phenoxy) is 4. The molecule has 5 atom stereocenters. The molecule has 4 N–H and O–H groups in total. The first-order chi connectivity index (χ1) is 12.8. The average Bonchev–Trinajstić information content (AvgIpc) is 2.66. The van der Waals surface area contributed by atoms with Crippen molar-refractivity contribution in [2.75, 3.05) is 14.2 Å². The van der Waals surface area contributed by atoms with Crippen LogP contribution in [0.5, 0.6) is 11.5 Å². The number of carboxylic acid groups (broad SMARTS) is 1. The molecule has 10 heteroatoms. The van der Waals surface area contributed by atoms with Gasteiger partial charge in [-0.3, -0.25) is 0 Å². The van der Waals surface area contributed by atoms with E-state index in [1.54, 1.807) is 0 Å². The molecular formula is C17H20O10. The summed E-state index contributed by atoms with van der Waals surface area (Å²) in [5.74, 6) is -1.77. The van der Waals surface area contributed by atoms with Gasteiger partial charge in [0.25, 0.3) is 0 Å². The van der Waals surface area contributed by atoms with E-state index in [0.29, 0.717) is 5.56 Å². The summed E-state index contributed by atoms with van der Waals surface area (Å²) >= 11 is 0. The van der Waals surface area contributed by atoms with Crippen molar-refractivity contribution in [1.29, 1.82) is 0 Å². The Labute approximate surface area is 154 Å². The van der Waals surface area contributed by atoms with Crippen LogP contribution in [0.1, 0.15) is 5.56 Å². The lowest BCUT2D eigenvalue weighted by atomic mass is 9.99. The molecule has 27 heavy (non-hydrogen) atoms. The maximum Gasteiger partial charge on any atom is 0.337 e. The van der Waals surface area contributed by atoms with Gasteiger partial charge in [-0.15, -0.1) is 0 Å². The molecule has 1 heterocycles. The second-order valence-corrected chi connectivity index (χ2v) is 5.62. The second-order valence-electron chi connectivity index (χ2n) is 5.62. The van der Waals surface area contributed by atoms with E-state index in [1.807, 2.05) is 0 Å². The molecule has 0 unspecified atom stereocenters. The van der Waals surface area contributed by atoms with Crippen LogP contribution in [0.25, 0.3) is 6.08 Å². The van der Waals surface area contributed by atoms with Gasteiger partial charge in [-0.2, -0.15) is 0 Å². The van der Waals surface area contributed by atoms with Crippen LogP contribution < -0.4 is 9.47 Å². The standard InChI is InChI=1S/C17H20O10/c1-24-10-7-8(4-6-11(18)19)3-5-9(10)26-17-14(22)12(20)13(21)15(27-17)16(23)25-2/h3-7,12-15,17,20-22H,1-2H3,(H,18,19)/b6-4+/t12-,13-,14+,15-,17+/m0/s1. The van der Waals surface area contributed by atoms with Gasteiger partial charge in [0.05, 0.1) is 14.2 Å². The molecule has 0 aliphatic carbocycles. The predicted octanol–water partition coefficient (Wildman–Crippen LogP) is -0.848. The quantitative estimate of drug-likeness (QED) is 0.360. The van der Waals surface area contributed by atoms with Gasteiger partial charge in [-0.1, -0.05) is 6.07 Å². The van der Waals surface area contributed by atoms with Gasteiger partial charge >= 0.3 is 11.9 Å². The first kappa shape index (κ1) is 20.6. The number of aliphatic hydroxyl groups is 3. The Balaban J connectivity index is 2.23. The lowest BCUT2D eigenvalue weighted by Gasteiger charge is -2.38. The number of aliphatic hydroxyl groups excluding tert-OH is 3. The highest BCUT2D eigenvalue weighted by molar-refractivity contribution is 5.85. The fourth-order valence-electron chi connectivity index (χ4n) is 2.43. The first-order valence-corrected chi connectivity index (χ1v) is 7.81. The molecule has 0 saturated carbocycles. The van der Waals surface area contributed by atoms with Gasteiger partial charge in [-0.25, -0.2) is 9.59 Å². The smallest absolute Gasteiger partial charge is 0.337 e. The van der Waals surface area contributed by atoms with E-state index in [1.165, 1.54) is 31.4 Å². The number of carboxylic acids is 1. The normalized spacial score (nSPS) is 28.0. The zero-order valence-corrected chi connectivity index (χ0v) is 14.5. The molecule has 0 aromatic heterocycles. The van der Waals surface area contributed by atoms with Crippen molar-refractivity contribution in [2.45, 2.75) is 30.7 Å². The van der Waals surface area contributed by atoms with Crippen molar-refractivity contribution in [3.05, 3.63) is 29.8 Å². The van der Waals surface area contributed by atoms with Crippen LogP contribution in [0.3, 0.4) is 0 Å². The van der Waals surface area contributed by atoms with E-state index < -0.39 is 42.6 Å². The van der Waals surface area contributed by atoms with Crippen molar-refractivity contribution < 1.29 is 49.0 Å². The maximum absolute atomic E-state index is 11.7. The van der Waals surface area contributed by atoms with Crippen molar-refractivity contribution in [2.24, 2.45) is 0 Å². The topological polar surface area (TPSA) is 152 Å². The molecule has 1 saturated heterocycles. The third-order valence-corrected chi connectivity index (χ3v) is 3.85. The van der Waals surface area contributed by atoms with Crippen molar-refractivity contribution in [1.82, 2.24) is 0 Å². The Morgan fingerprint density at radius 2 is 1.78 bits per heavy atom. The molecule has 1 aliphatic rings. The predicted molar refractivity (Wildman–Crippen MR) is 89.0 cm³/mol. The third kappa shape index (κ3) is 4.74. The van der Waals surface area contributed by atoms with Crippen LogP contribution in [-0.4, -0.2) is 77.3 Å². The minimum absolute atomic E-state index is 0.0984. The van der Waals surface area contributed by atoms with Crippen molar-refractivity contribution in [3.8, 4) is 11.5 Å². The molecule has 1 fully saturated rings. The number of rotatable bonds is 6. The lowest BCUT2D eigenvalue weighted by molar-refractivity contribution is -0.272. The molecule has 1 aromatic carbocycles. The van der Waals surface area contributed by atoms with Crippen LogP contribution in [0.2, 0.25) is 0 Å². The molecule has 0 radical (unpaired) electrons. The Bertz CT molecular complexity index is 716. The van der Waals surface area contributed by atoms with E-state index in [9.17, 15) is 24.9 Å². The van der Waals surface area contributed by atoms with E-state index in [4.69, 9.17) is 19.3 Å². The molecule has 0 bridgehead atoms. The summed E-state index contributed by atoms with van der Waals surface area (Å²) in [5, 5.41) is 38.5. The highest BCUT2D eigenvalue weighted by Gasteiger charge is 2.48. The van der Waals surface area contributed by atoms with Gasteiger partial charge in [0, 0.05) is 6.08 Å². The van der Waals surface area contributed by atoms with E-state index >= 15 is 0 Å². The zero-order chi connectivity index (χ0) is 20.1. The van der Waals surface area contributed by atoms with Crippen LogP contribution in [-0.2, 0) is 19.1 Å². The summed E-state index contributed by atoms with van der Waals surface area (Å²) in [7, 11) is 2.43. The first-order valence-electron chi connectivity index (χ1n) is 7.81. The molecule has 0 spiro atoms. The van der Waals surface area contributed by atoms with Gasteiger partial charge in [0.15, 0.2) is 17.6 Å². The van der Waals surface area contributed by atoms with E-state index in [2.05, 4.69) is 4.74 Å². The SMILES string of the molecule is COC(=O)[C@H]1O[C@@H](Oc2ccc(/C=C/C(=O)O)cc2OC)[C@H](O)[C@@H](O)[C@@H]1O. The average molecular weight is 384 g/mol. The third-order valence-electron chi connectivity index (χ3n) is 3.85. The number of hydrogen-bond acceptors (Lipinski definition) is 9. The summed E-state index contributed by atoms with van der Waals surface area (Å²) in [5.41, 5.74) is 0.509. The Morgan fingerprint density at radius 3 is 2.37 bits per heavy atom. The van der Waals surface area contributed by atoms with Crippen molar-refractivity contribution in [3.63, 3.8) is 0 Å². The number of carbonyl (C=O) groups is 2. The number of carbonyl (C=O) groups excluding carboxylic acids is 1. The fourth-order valence-corrected chi connectivity index (χ4v) is 2.43. The van der Waals surface area contributed by atoms with Crippen LogP contribution in [0.4, 0.5) is 0 Å². The lowest BCUT2D eigenvalue weighted by Crippen LogP contribution is -2.61. The van der Waals surface area contributed by atoms with E-state index in [0.717, 1.165) is 13.2 Å². The maximum atomic E-state index is 11.7. The molecule has 148 valence electrons. The van der Waals surface area contributed by atoms with E-state index in [-0.39, 0.29) is 11.5 Å². The summed E-state index contributed by atoms with van der Waals surface area (Å²) < 4.78 is 20.4. The number of benzene rings is 1. The summed E-state index contributed by atoms with van der Waals surface area (Å²) in [6, 6.07) is 4.43. The largest absolute Gasteiger partial charge is 0.493 e. The number of esters is 1.